The number of rotatable bonds is 2. The van der Waals surface area contributed by atoms with Crippen LogP contribution in [-0.2, 0) is 0 Å². The second-order valence-electron chi connectivity index (χ2n) is 4.34. The van der Waals surface area contributed by atoms with Crippen LogP contribution >= 0.6 is 11.6 Å². The molecule has 0 heterocycles. The Labute approximate surface area is 101 Å². The van der Waals surface area contributed by atoms with Crippen molar-refractivity contribution in [2.45, 2.75) is 37.8 Å². The van der Waals surface area contributed by atoms with E-state index in [1.807, 2.05) is 6.07 Å². The first-order valence-electron chi connectivity index (χ1n) is 5.62. The summed E-state index contributed by atoms with van der Waals surface area (Å²) in [5.74, 6) is 0.791. The normalized spacial score (nSPS) is 25.4. The van der Waals surface area contributed by atoms with Gasteiger partial charge in [0.05, 0.1) is 16.8 Å². The van der Waals surface area contributed by atoms with Crippen LogP contribution in [0.4, 0.5) is 5.69 Å². The van der Waals surface area contributed by atoms with Gasteiger partial charge in [0, 0.05) is 12.1 Å². The second kappa shape index (κ2) is 4.93. The number of benzene rings is 1. The fourth-order valence-electron chi connectivity index (χ4n) is 1.98. The van der Waals surface area contributed by atoms with Crippen LogP contribution in [-0.4, -0.2) is 12.1 Å². The van der Waals surface area contributed by atoms with E-state index in [1.165, 1.54) is 0 Å². The number of hydrogen-bond donors (Lipinski definition) is 2. The molecule has 16 heavy (non-hydrogen) atoms. The molecule has 1 aliphatic carbocycles. The number of halogens is 1. The standard InChI is InChI=1S/C12H17ClN2O/c13-11-7-10(5-6-12(11)15)16-9-3-1-8(14)2-4-9/h5-9H,1-4,14-15H2. The van der Waals surface area contributed by atoms with E-state index >= 15 is 0 Å². The van der Waals surface area contributed by atoms with Crippen LogP contribution in [0.5, 0.6) is 5.75 Å². The molecule has 2 rings (SSSR count). The van der Waals surface area contributed by atoms with Crippen LogP contribution in [0.2, 0.25) is 5.02 Å². The summed E-state index contributed by atoms with van der Waals surface area (Å²) in [6.07, 6.45) is 4.37. The first-order chi connectivity index (χ1) is 7.65. The zero-order valence-electron chi connectivity index (χ0n) is 9.16. The number of ether oxygens (including phenoxy) is 1. The highest BCUT2D eigenvalue weighted by molar-refractivity contribution is 6.33. The minimum absolute atomic E-state index is 0.263. The minimum atomic E-state index is 0.263. The molecule has 88 valence electrons. The van der Waals surface area contributed by atoms with Crippen molar-refractivity contribution in [3.63, 3.8) is 0 Å². The predicted octanol–water partition coefficient (Wildman–Crippen LogP) is 2.57. The van der Waals surface area contributed by atoms with Crippen molar-refractivity contribution in [3.05, 3.63) is 23.2 Å². The molecule has 1 fully saturated rings. The highest BCUT2D eigenvalue weighted by atomic mass is 35.5. The summed E-state index contributed by atoms with van der Waals surface area (Å²) in [6.45, 7) is 0. The zero-order chi connectivity index (χ0) is 11.5. The quantitative estimate of drug-likeness (QED) is 0.781. The molecule has 0 amide bonds. The van der Waals surface area contributed by atoms with Crippen molar-refractivity contribution < 1.29 is 4.74 Å². The summed E-state index contributed by atoms with van der Waals surface area (Å²) >= 11 is 5.93. The van der Waals surface area contributed by atoms with E-state index in [0.717, 1.165) is 31.4 Å². The Morgan fingerprint density at radius 2 is 1.88 bits per heavy atom. The molecule has 1 aromatic rings. The largest absolute Gasteiger partial charge is 0.490 e. The smallest absolute Gasteiger partial charge is 0.121 e. The Morgan fingerprint density at radius 1 is 1.19 bits per heavy atom. The highest BCUT2D eigenvalue weighted by Crippen LogP contribution is 2.27. The fraction of sp³-hybridized carbons (Fsp3) is 0.500. The van der Waals surface area contributed by atoms with Gasteiger partial charge in [-0.1, -0.05) is 11.6 Å². The van der Waals surface area contributed by atoms with E-state index in [0.29, 0.717) is 16.8 Å². The molecule has 0 aromatic heterocycles. The van der Waals surface area contributed by atoms with Crippen LogP contribution in [0.1, 0.15) is 25.7 Å². The maximum atomic E-state index is 5.93. The van der Waals surface area contributed by atoms with Crippen molar-refractivity contribution >= 4 is 17.3 Å². The average molecular weight is 241 g/mol. The first kappa shape index (κ1) is 11.6. The van der Waals surface area contributed by atoms with E-state index in [9.17, 15) is 0 Å². The number of nitrogens with two attached hydrogens (primary N) is 2. The van der Waals surface area contributed by atoms with Gasteiger partial charge in [0.1, 0.15) is 5.75 Å². The zero-order valence-corrected chi connectivity index (χ0v) is 9.91. The summed E-state index contributed by atoms with van der Waals surface area (Å²) in [6, 6.07) is 5.74. The Balaban J connectivity index is 1.96. The lowest BCUT2D eigenvalue weighted by Gasteiger charge is -2.26. The van der Waals surface area contributed by atoms with Gasteiger partial charge in [-0.25, -0.2) is 0 Å². The van der Waals surface area contributed by atoms with Crippen molar-refractivity contribution in [2.24, 2.45) is 5.73 Å². The molecule has 0 spiro atoms. The van der Waals surface area contributed by atoms with E-state index in [-0.39, 0.29) is 6.10 Å². The van der Waals surface area contributed by atoms with Gasteiger partial charge in [-0.3, -0.25) is 0 Å². The van der Waals surface area contributed by atoms with Gasteiger partial charge in [-0.15, -0.1) is 0 Å². The molecule has 4 N–H and O–H groups in total. The van der Waals surface area contributed by atoms with Crippen molar-refractivity contribution in [1.82, 2.24) is 0 Å². The molecule has 0 aliphatic heterocycles. The van der Waals surface area contributed by atoms with Gasteiger partial charge < -0.3 is 16.2 Å². The molecule has 1 aliphatic rings. The third-order valence-corrected chi connectivity index (χ3v) is 3.32. The van der Waals surface area contributed by atoms with E-state index in [1.54, 1.807) is 12.1 Å². The molecular weight excluding hydrogens is 224 g/mol. The van der Waals surface area contributed by atoms with Gasteiger partial charge >= 0.3 is 0 Å². The minimum Gasteiger partial charge on any atom is -0.490 e. The van der Waals surface area contributed by atoms with Gasteiger partial charge in [0.25, 0.3) is 0 Å². The molecule has 0 radical (unpaired) electrons. The second-order valence-corrected chi connectivity index (χ2v) is 4.75. The number of nitrogen functional groups attached to an aromatic ring is 1. The van der Waals surface area contributed by atoms with Gasteiger partial charge in [0.2, 0.25) is 0 Å². The number of anilines is 1. The van der Waals surface area contributed by atoms with E-state index < -0.39 is 0 Å². The lowest BCUT2D eigenvalue weighted by Crippen LogP contribution is -2.31. The summed E-state index contributed by atoms with van der Waals surface area (Å²) in [5, 5.41) is 0.546. The third kappa shape index (κ3) is 2.80. The predicted molar refractivity (Wildman–Crippen MR) is 66.7 cm³/mol. The van der Waals surface area contributed by atoms with E-state index in [2.05, 4.69) is 0 Å². The molecule has 4 heteroatoms. The van der Waals surface area contributed by atoms with Crippen LogP contribution < -0.4 is 16.2 Å². The molecular formula is C12H17ClN2O. The molecule has 1 saturated carbocycles. The Kier molecular flexibility index (Phi) is 3.56. The van der Waals surface area contributed by atoms with Crippen LogP contribution in [0.25, 0.3) is 0 Å². The average Bonchev–Trinajstić information content (AvgIpc) is 2.27. The number of hydrogen-bond acceptors (Lipinski definition) is 3. The fourth-order valence-corrected chi connectivity index (χ4v) is 2.15. The molecule has 0 atom stereocenters. The van der Waals surface area contributed by atoms with Gasteiger partial charge in [-0.2, -0.15) is 0 Å². The molecule has 0 bridgehead atoms. The third-order valence-electron chi connectivity index (χ3n) is 2.99. The summed E-state index contributed by atoms with van der Waals surface area (Å²) < 4.78 is 5.84. The Hall–Kier alpha value is -0.930. The van der Waals surface area contributed by atoms with Crippen molar-refractivity contribution in [1.29, 1.82) is 0 Å². The molecule has 1 aromatic carbocycles. The SMILES string of the molecule is Nc1ccc(OC2CCC(N)CC2)cc1Cl. The summed E-state index contributed by atoms with van der Waals surface area (Å²) in [5.41, 5.74) is 12.1. The summed E-state index contributed by atoms with van der Waals surface area (Å²) in [7, 11) is 0. The maximum absolute atomic E-state index is 5.93. The van der Waals surface area contributed by atoms with Gasteiger partial charge in [-0.05, 0) is 37.8 Å². The van der Waals surface area contributed by atoms with Crippen molar-refractivity contribution in [3.8, 4) is 5.75 Å². The Bertz CT molecular complexity index is 362. The lowest BCUT2D eigenvalue weighted by atomic mass is 9.94. The lowest BCUT2D eigenvalue weighted by molar-refractivity contribution is 0.147. The maximum Gasteiger partial charge on any atom is 0.121 e. The van der Waals surface area contributed by atoms with E-state index in [4.69, 9.17) is 27.8 Å². The molecule has 0 saturated heterocycles. The monoisotopic (exact) mass is 240 g/mol. The van der Waals surface area contributed by atoms with Crippen LogP contribution in [0, 0.1) is 0 Å². The topological polar surface area (TPSA) is 61.3 Å². The molecule has 3 nitrogen and oxygen atoms in total. The summed E-state index contributed by atoms with van der Waals surface area (Å²) in [4.78, 5) is 0. The van der Waals surface area contributed by atoms with Crippen molar-refractivity contribution in [2.75, 3.05) is 5.73 Å². The Morgan fingerprint density at radius 3 is 2.50 bits per heavy atom. The molecule has 0 unspecified atom stereocenters. The van der Waals surface area contributed by atoms with Crippen LogP contribution in [0.15, 0.2) is 18.2 Å². The van der Waals surface area contributed by atoms with Gasteiger partial charge in [0.15, 0.2) is 0 Å². The first-order valence-corrected chi connectivity index (χ1v) is 6.00. The highest BCUT2D eigenvalue weighted by Gasteiger charge is 2.19. The van der Waals surface area contributed by atoms with Crippen LogP contribution in [0.3, 0.4) is 0 Å².